The van der Waals surface area contributed by atoms with Gasteiger partial charge in [0.15, 0.2) is 0 Å². The number of hydrogen-bond donors (Lipinski definition) is 4. The molecule has 0 aliphatic carbocycles. The Labute approximate surface area is 235 Å². The second kappa shape index (κ2) is 16.4. The molecule has 0 radical (unpaired) electrons. The Balaban J connectivity index is 2.36. The molecule has 222 valence electrons. The van der Waals surface area contributed by atoms with Crippen molar-refractivity contribution in [1.29, 1.82) is 0 Å². The first-order valence-corrected chi connectivity index (χ1v) is 13.9. The van der Waals surface area contributed by atoms with Gasteiger partial charge in [-0.1, -0.05) is 20.8 Å². The van der Waals surface area contributed by atoms with Crippen molar-refractivity contribution in [2.24, 2.45) is 0 Å². The quantitative estimate of drug-likeness (QED) is 0.250. The predicted octanol–water partition coefficient (Wildman–Crippen LogP) is 2.91. The van der Waals surface area contributed by atoms with Crippen LogP contribution in [0.15, 0.2) is 36.4 Å². The van der Waals surface area contributed by atoms with Gasteiger partial charge in [-0.3, -0.25) is 14.5 Å². The van der Waals surface area contributed by atoms with Gasteiger partial charge in [-0.2, -0.15) is 0 Å². The highest BCUT2D eigenvalue weighted by Gasteiger charge is 2.30. The molecule has 4 N–H and O–H groups in total. The monoisotopic (exact) mass is 563 g/mol. The van der Waals surface area contributed by atoms with Crippen molar-refractivity contribution < 1.29 is 33.7 Å². The number of nitrogens with zero attached hydrogens (tertiary/aromatic N) is 2. The number of aliphatic hydroxyl groups is 3. The molecule has 10 heteroatoms. The molecular formula is C30H43F2N3O5. The summed E-state index contributed by atoms with van der Waals surface area (Å²) in [6.45, 7) is 9.40. The maximum Gasteiger partial charge on any atom is 0.253 e. The lowest BCUT2D eigenvalue weighted by molar-refractivity contribution is -0.0216. The first-order valence-electron chi connectivity index (χ1n) is 13.9. The maximum absolute atomic E-state index is 13.9. The van der Waals surface area contributed by atoms with Crippen LogP contribution in [0.2, 0.25) is 0 Å². The molecule has 3 atom stereocenters. The third kappa shape index (κ3) is 9.92. The summed E-state index contributed by atoms with van der Waals surface area (Å²) in [6.07, 6.45) is -1.41. The Morgan fingerprint density at radius 2 is 1.50 bits per heavy atom. The van der Waals surface area contributed by atoms with Crippen LogP contribution in [0.4, 0.5) is 8.78 Å². The fourth-order valence-corrected chi connectivity index (χ4v) is 4.73. The van der Waals surface area contributed by atoms with Crippen LogP contribution in [-0.4, -0.2) is 94.5 Å². The van der Waals surface area contributed by atoms with Crippen LogP contribution in [0.25, 0.3) is 0 Å². The Morgan fingerprint density at radius 1 is 0.900 bits per heavy atom. The van der Waals surface area contributed by atoms with E-state index in [1.54, 1.807) is 28.9 Å². The van der Waals surface area contributed by atoms with Crippen molar-refractivity contribution in [1.82, 2.24) is 15.1 Å². The number of benzene rings is 2. The summed E-state index contributed by atoms with van der Waals surface area (Å²) in [4.78, 5) is 30.1. The average Bonchev–Trinajstić information content (AvgIpc) is 2.90. The van der Waals surface area contributed by atoms with E-state index < -0.39 is 35.8 Å². The molecule has 40 heavy (non-hydrogen) atoms. The molecule has 8 nitrogen and oxygen atoms in total. The number of carbonyl (C=O) groups is 2. The third-order valence-electron chi connectivity index (χ3n) is 6.67. The van der Waals surface area contributed by atoms with Gasteiger partial charge in [-0.25, -0.2) is 8.78 Å². The molecule has 0 saturated carbocycles. The number of amides is 2. The van der Waals surface area contributed by atoms with Crippen LogP contribution >= 0.6 is 0 Å². The fraction of sp³-hybridized carbons (Fsp3) is 0.533. The third-order valence-corrected chi connectivity index (χ3v) is 6.67. The zero-order valence-electron chi connectivity index (χ0n) is 23.9. The second-order valence-electron chi connectivity index (χ2n) is 10.1. The van der Waals surface area contributed by atoms with E-state index in [1.807, 2.05) is 20.8 Å². The molecule has 0 fully saturated rings. The van der Waals surface area contributed by atoms with Gasteiger partial charge >= 0.3 is 0 Å². The van der Waals surface area contributed by atoms with Crippen LogP contribution in [-0.2, 0) is 6.42 Å². The molecule has 2 amide bonds. The van der Waals surface area contributed by atoms with Gasteiger partial charge in [0.2, 0.25) is 0 Å². The number of aliphatic hydroxyl groups excluding tert-OH is 3. The molecule has 0 unspecified atom stereocenters. The van der Waals surface area contributed by atoms with E-state index >= 15 is 0 Å². The standard InChI is InChI=1S/C30H43F2N3O5/c1-5-8-35(9-6-2)30(40)23-13-20(4)12-22(17-23)29(39)33-26(16-21-14-24(31)18-25(32)15-21)28(38)27(37)19-34(7-3)10-11-36/h12-15,17-18,26-28,36-38H,5-11,16,19H2,1-4H3,(H,33,39)/t26-,27+,28-/m0/s1. The zero-order valence-corrected chi connectivity index (χ0v) is 23.9. The summed E-state index contributed by atoms with van der Waals surface area (Å²) in [6, 6.07) is 6.62. The molecule has 2 aromatic rings. The highest BCUT2D eigenvalue weighted by molar-refractivity contribution is 6.00. The Bertz CT molecular complexity index is 1090. The lowest BCUT2D eigenvalue weighted by atomic mass is 9.96. The van der Waals surface area contributed by atoms with Crippen molar-refractivity contribution in [2.75, 3.05) is 39.3 Å². The van der Waals surface area contributed by atoms with Gasteiger partial charge in [-0.05, 0) is 74.2 Å². The molecule has 0 bridgehead atoms. The zero-order chi connectivity index (χ0) is 29.8. The molecule has 0 heterocycles. The summed E-state index contributed by atoms with van der Waals surface area (Å²) < 4.78 is 27.8. The highest BCUT2D eigenvalue weighted by atomic mass is 19.1. The summed E-state index contributed by atoms with van der Waals surface area (Å²) in [5, 5.41) is 33.8. The normalized spacial score (nSPS) is 13.7. The number of rotatable bonds is 16. The van der Waals surface area contributed by atoms with Gasteiger partial charge in [0, 0.05) is 43.4 Å². The van der Waals surface area contributed by atoms with E-state index in [0.29, 0.717) is 30.8 Å². The minimum atomic E-state index is -1.50. The van der Waals surface area contributed by atoms with Crippen molar-refractivity contribution in [3.8, 4) is 0 Å². The minimum absolute atomic E-state index is 0.00982. The number of nitrogens with one attached hydrogen (secondary N) is 1. The fourth-order valence-electron chi connectivity index (χ4n) is 4.73. The van der Waals surface area contributed by atoms with Crippen molar-refractivity contribution in [3.63, 3.8) is 0 Å². The number of hydrogen-bond acceptors (Lipinski definition) is 6. The van der Waals surface area contributed by atoms with E-state index in [9.17, 15) is 33.7 Å². The SMILES string of the molecule is CCCN(CCC)C(=O)c1cc(C)cc(C(=O)N[C@@H](Cc2cc(F)cc(F)c2)[C@H](O)[C@H](O)CN(CC)CCO)c1. The van der Waals surface area contributed by atoms with Gasteiger partial charge in [0.25, 0.3) is 11.8 Å². The minimum Gasteiger partial charge on any atom is -0.395 e. The van der Waals surface area contributed by atoms with E-state index in [0.717, 1.165) is 31.0 Å². The number of halogens is 2. The maximum atomic E-state index is 13.9. The topological polar surface area (TPSA) is 113 Å². The Hall–Kier alpha value is -2.92. The van der Waals surface area contributed by atoms with Gasteiger partial charge in [0.1, 0.15) is 17.7 Å². The second-order valence-corrected chi connectivity index (χ2v) is 10.1. The van der Waals surface area contributed by atoms with E-state index in [4.69, 9.17) is 0 Å². The van der Waals surface area contributed by atoms with Crippen LogP contribution in [0.3, 0.4) is 0 Å². The van der Waals surface area contributed by atoms with Gasteiger partial charge in [-0.15, -0.1) is 0 Å². The number of carbonyl (C=O) groups excluding carboxylic acids is 2. The molecule has 0 spiro atoms. The van der Waals surface area contributed by atoms with Crippen LogP contribution in [0.5, 0.6) is 0 Å². The molecule has 2 rings (SSSR count). The first-order chi connectivity index (χ1) is 19.0. The summed E-state index contributed by atoms with van der Waals surface area (Å²) in [5.41, 5.74) is 1.42. The predicted molar refractivity (Wildman–Crippen MR) is 150 cm³/mol. The van der Waals surface area contributed by atoms with E-state index in [-0.39, 0.29) is 43.2 Å². The molecule has 2 aromatic carbocycles. The largest absolute Gasteiger partial charge is 0.395 e. The molecular weight excluding hydrogens is 520 g/mol. The number of aryl methyl sites for hydroxylation is 1. The van der Waals surface area contributed by atoms with E-state index in [2.05, 4.69) is 5.32 Å². The number of likely N-dealkylation sites (N-methyl/N-ethyl adjacent to an activating group) is 1. The van der Waals surface area contributed by atoms with Crippen molar-refractivity contribution >= 4 is 11.8 Å². The first kappa shape index (κ1) is 33.3. The summed E-state index contributed by atoms with van der Waals surface area (Å²) in [5.74, 6) is -2.40. The van der Waals surface area contributed by atoms with Crippen LogP contribution < -0.4 is 5.32 Å². The van der Waals surface area contributed by atoms with Crippen molar-refractivity contribution in [3.05, 3.63) is 70.3 Å². The van der Waals surface area contributed by atoms with Gasteiger partial charge < -0.3 is 25.5 Å². The molecule has 0 saturated heterocycles. The van der Waals surface area contributed by atoms with Crippen molar-refractivity contribution in [2.45, 2.75) is 65.2 Å². The lowest BCUT2D eigenvalue weighted by Crippen LogP contribution is -2.52. The molecule has 0 aliphatic rings. The highest BCUT2D eigenvalue weighted by Crippen LogP contribution is 2.17. The van der Waals surface area contributed by atoms with Crippen LogP contribution in [0.1, 0.15) is 65.5 Å². The van der Waals surface area contributed by atoms with Gasteiger partial charge in [0.05, 0.1) is 18.8 Å². The Morgan fingerprint density at radius 3 is 2.05 bits per heavy atom. The smallest absolute Gasteiger partial charge is 0.253 e. The van der Waals surface area contributed by atoms with Crippen LogP contribution in [0, 0.1) is 18.6 Å². The Kier molecular flexibility index (Phi) is 13.6. The summed E-state index contributed by atoms with van der Waals surface area (Å²) in [7, 11) is 0. The average molecular weight is 564 g/mol. The summed E-state index contributed by atoms with van der Waals surface area (Å²) >= 11 is 0. The molecule has 0 aromatic heterocycles. The molecule has 0 aliphatic heterocycles. The lowest BCUT2D eigenvalue weighted by Gasteiger charge is -2.31. The van der Waals surface area contributed by atoms with E-state index in [1.165, 1.54) is 6.07 Å².